The highest BCUT2D eigenvalue weighted by Crippen LogP contribution is 2.23. The molecule has 1 N–H and O–H groups in total. The van der Waals surface area contributed by atoms with Gasteiger partial charge in [0.15, 0.2) is 0 Å². The lowest BCUT2D eigenvalue weighted by molar-refractivity contribution is -0.0619. The van der Waals surface area contributed by atoms with Gasteiger partial charge in [-0.2, -0.15) is 0 Å². The number of aliphatic hydroxyl groups excluding tert-OH is 1. The van der Waals surface area contributed by atoms with Crippen LogP contribution in [0.5, 0.6) is 0 Å². The Balaban J connectivity index is 1.75. The highest BCUT2D eigenvalue weighted by atomic mass is 16.5. The van der Waals surface area contributed by atoms with Crippen LogP contribution in [0, 0.1) is 0 Å². The van der Waals surface area contributed by atoms with Gasteiger partial charge in [0.1, 0.15) is 0 Å². The molecule has 2 aromatic carbocycles. The number of fused-ring (bicyclic) bond motifs is 1. The normalized spacial score (nSPS) is 25.1. The van der Waals surface area contributed by atoms with Crippen LogP contribution in [0.25, 0.3) is 10.8 Å². The number of hydrogen-bond acceptors (Lipinski definition) is 3. The molecule has 1 aliphatic rings. The van der Waals surface area contributed by atoms with E-state index in [1.807, 2.05) is 18.2 Å². The van der Waals surface area contributed by atoms with Crippen LogP contribution in [0.15, 0.2) is 42.5 Å². The molecule has 3 nitrogen and oxygen atoms in total. The highest BCUT2D eigenvalue weighted by molar-refractivity contribution is 5.83. The molecule has 0 bridgehead atoms. The molecule has 3 rings (SSSR count). The van der Waals surface area contributed by atoms with Crippen molar-refractivity contribution in [1.82, 2.24) is 4.90 Å². The maximum atomic E-state index is 10.6. The molecular weight excluding hydrogens is 262 g/mol. The number of hydrogen-bond donors (Lipinski definition) is 1. The molecule has 1 heterocycles. The van der Waals surface area contributed by atoms with Crippen molar-refractivity contribution >= 4 is 10.8 Å². The molecule has 0 radical (unpaired) electrons. The van der Waals surface area contributed by atoms with Crippen LogP contribution in [-0.4, -0.2) is 41.8 Å². The third kappa shape index (κ3) is 3.26. The molecule has 21 heavy (non-hydrogen) atoms. The average Bonchev–Trinajstić information content (AvgIpc) is 2.50. The number of benzene rings is 2. The third-order valence-corrected chi connectivity index (χ3v) is 4.30. The number of aliphatic hydroxyl groups is 1. The van der Waals surface area contributed by atoms with Crippen molar-refractivity contribution in [3.63, 3.8) is 0 Å². The molecule has 1 fully saturated rings. The van der Waals surface area contributed by atoms with Gasteiger partial charge in [-0.05, 0) is 36.2 Å². The van der Waals surface area contributed by atoms with Gasteiger partial charge in [0.05, 0.1) is 18.8 Å². The highest BCUT2D eigenvalue weighted by Gasteiger charge is 2.25. The Hall–Kier alpha value is -1.42. The molecule has 1 saturated heterocycles. The number of rotatable bonds is 3. The lowest BCUT2D eigenvalue weighted by atomic mass is 10.0. The van der Waals surface area contributed by atoms with Gasteiger partial charge in [0.25, 0.3) is 0 Å². The molecule has 0 spiro atoms. The van der Waals surface area contributed by atoms with Crippen molar-refractivity contribution in [2.75, 3.05) is 19.7 Å². The Labute approximate surface area is 126 Å². The summed E-state index contributed by atoms with van der Waals surface area (Å²) in [6.45, 7) is 6.52. The predicted octanol–water partition coefficient (Wildman–Crippen LogP) is 2.98. The molecule has 1 aliphatic heterocycles. The average molecular weight is 285 g/mol. The molecule has 2 aromatic rings. The van der Waals surface area contributed by atoms with Crippen LogP contribution in [-0.2, 0) is 4.74 Å². The van der Waals surface area contributed by atoms with Gasteiger partial charge in [-0.1, -0.05) is 36.4 Å². The van der Waals surface area contributed by atoms with Gasteiger partial charge in [-0.3, -0.25) is 4.90 Å². The molecule has 0 aromatic heterocycles. The maximum absolute atomic E-state index is 10.6. The lowest BCUT2D eigenvalue weighted by Crippen LogP contribution is -2.48. The summed E-state index contributed by atoms with van der Waals surface area (Å²) in [6, 6.07) is 14.8. The summed E-state index contributed by atoms with van der Waals surface area (Å²) in [7, 11) is 0. The molecule has 3 unspecified atom stereocenters. The minimum Gasteiger partial charge on any atom is -0.387 e. The molecule has 0 saturated carbocycles. The van der Waals surface area contributed by atoms with Crippen molar-refractivity contribution in [2.24, 2.45) is 0 Å². The lowest BCUT2D eigenvalue weighted by Gasteiger charge is -2.37. The zero-order valence-corrected chi connectivity index (χ0v) is 12.7. The van der Waals surface area contributed by atoms with E-state index in [9.17, 15) is 5.11 Å². The topological polar surface area (TPSA) is 32.7 Å². The van der Waals surface area contributed by atoms with Crippen LogP contribution in [0.1, 0.15) is 25.5 Å². The summed E-state index contributed by atoms with van der Waals surface area (Å²) >= 11 is 0. The van der Waals surface area contributed by atoms with E-state index in [0.29, 0.717) is 12.6 Å². The van der Waals surface area contributed by atoms with Crippen molar-refractivity contribution in [3.05, 3.63) is 48.0 Å². The van der Waals surface area contributed by atoms with E-state index in [0.717, 1.165) is 18.7 Å². The summed E-state index contributed by atoms with van der Waals surface area (Å²) in [4.78, 5) is 2.31. The van der Waals surface area contributed by atoms with E-state index in [1.54, 1.807) is 0 Å². The monoisotopic (exact) mass is 285 g/mol. The van der Waals surface area contributed by atoms with Crippen LogP contribution in [0.3, 0.4) is 0 Å². The first-order valence-corrected chi connectivity index (χ1v) is 7.66. The Morgan fingerprint density at radius 3 is 2.76 bits per heavy atom. The second kappa shape index (κ2) is 6.14. The Bertz CT molecular complexity index is 613. The van der Waals surface area contributed by atoms with Crippen LogP contribution < -0.4 is 0 Å². The number of ether oxygens (including phenoxy) is 1. The number of morpholine rings is 1. The van der Waals surface area contributed by atoms with E-state index in [1.165, 1.54) is 10.8 Å². The van der Waals surface area contributed by atoms with Gasteiger partial charge in [0.2, 0.25) is 0 Å². The Kier molecular flexibility index (Phi) is 4.24. The zero-order chi connectivity index (χ0) is 14.8. The maximum Gasteiger partial charge on any atom is 0.0917 e. The van der Waals surface area contributed by atoms with Gasteiger partial charge in [-0.25, -0.2) is 0 Å². The summed E-state index contributed by atoms with van der Waals surface area (Å²) in [5.41, 5.74) is 0.986. The summed E-state index contributed by atoms with van der Waals surface area (Å²) in [6.07, 6.45) is -0.215. The SMILES string of the molecule is CC1CN(CC(O)c2ccc3ccccc3c2)C(C)CO1. The second-order valence-corrected chi connectivity index (χ2v) is 6.07. The van der Waals surface area contributed by atoms with Crippen LogP contribution in [0.2, 0.25) is 0 Å². The fourth-order valence-corrected chi connectivity index (χ4v) is 2.97. The van der Waals surface area contributed by atoms with E-state index in [2.05, 4.69) is 43.0 Å². The fraction of sp³-hybridized carbons (Fsp3) is 0.444. The van der Waals surface area contributed by atoms with Crippen molar-refractivity contribution in [2.45, 2.75) is 32.1 Å². The van der Waals surface area contributed by atoms with Crippen molar-refractivity contribution < 1.29 is 9.84 Å². The molecule has 112 valence electrons. The molecule has 0 aliphatic carbocycles. The van der Waals surface area contributed by atoms with Crippen LogP contribution >= 0.6 is 0 Å². The summed E-state index contributed by atoms with van der Waals surface area (Å²) in [5.74, 6) is 0. The summed E-state index contributed by atoms with van der Waals surface area (Å²) in [5, 5.41) is 12.9. The molecular formula is C18H23NO2. The second-order valence-electron chi connectivity index (χ2n) is 6.07. The van der Waals surface area contributed by atoms with E-state index in [-0.39, 0.29) is 6.10 Å². The van der Waals surface area contributed by atoms with Gasteiger partial charge in [0, 0.05) is 19.1 Å². The molecule has 3 heteroatoms. The van der Waals surface area contributed by atoms with E-state index in [4.69, 9.17) is 4.74 Å². The fourth-order valence-electron chi connectivity index (χ4n) is 2.97. The molecule has 0 amide bonds. The van der Waals surface area contributed by atoms with Crippen molar-refractivity contribution in [3.8, 4) is 0 Å². The van der Waals surface area contributed by atoms with Crippen LogP contribution in [0.4, 0.5) is 0 Å². The van der Waals surface area contributed by atoms with E-state index < -0.39 is 6.10 Å². The summed E-state index contributed by atoms with van der Waals surface area (Å²) < 4.78 is 5.64. The quantitative estimate of drug-likeness (QED) is 0.941. The van der Waals surface area contributed by atoms with Gasteiger partial charge in [-0.15, -0.1) is 0 Å². The zero-order valence-electron chi connectivity index (χ0n) is 12.7. The standard InChI is InChI=1S/C18H23NO2/c1-13-12-21-14(2)10-19(13)11-18(20)17-8-7-15-5-3-4-6-16(15)9-17/h3-9,13-14,18,20H,10-12H2,1-2H3. The number of β-amino-alcohol motifs (C(OH)–C–C–N with tert-alkyl or cyclic N) is 1. The minimum absolute atomic E-state index is 0.241. The van der Waals surface area contributed by atoms with Gasteiger partial charge < -0.3 is 9.84 Å². The number of nitrogens with zero attached hydrogens (tertiary/aromatic N) is 1. The first-order valence-electron chi connectivity index (χ1n) is 7.66. The minimum atomic E-state index is -0.456. The first kappa shape index (κ1) is 14.5. The molecule has 3 atom stereocenters. The van der Waals surface area contributed by atoms with Gasteiger partial charge >= 0.3 is 0 Å². The predicted molar refractivity (Wildman–Crippen MR) is 85.4 cm³/mol. The Morgan fingerprint density at radius 2 is 1.95 bits per heavy atom. The smallest absolute Gasteiger partial charge is 0.0917 e. The van der Waals surface area contributed by atoms with E-state index >= 15 is 0 Å². The largest absolute Gasteiger partial charge is 0.387 e. The first-order chi connectivity index (χ1) is 10.1. The third-order valence-electron chi connectivity index (χ3n) is 4.30. The Morgan fingerprint density at radius 1 is 1.19 bits per heavy atom. The van der Waals surface area contributed by atoms with Crippen molar-refractivity contribution in [1.29, 1.82) is 0 Å².